The van der Waals surface area contributed by atoms with E-state index in [4.69, 9.17) is 0 Å². The first-order chi connectivity index (χ1) is 14.0. The lowest BCUT2D eigenvalue weighted by Crippen LogP contribution is -2.53. The van der Waals surface area contributed by atoms with Crippen LogP contribution in [-0.4, -0.2) is 60.4 Å². The molecule has 0 aromatic heterocycles. The molecule has 3 atom stereocenters. The van der Waals surface area contributed by atoms with Gasteiger partial charge in [-0.05, 0) is 75.7 Å². The number of nitrogens with one attached hydrogen (secondary N) is 1. The molecule has 5 nitrogen and oxygen atoms in total. The number of carbonyl (C=O) groups is 2. The standard InChI is InChI=1S/C24H39N3O2/c1-24(10-11-24)23(29)27-14-12-26(13-15-27)22(28)18-8-6-17(7-9-18)20-16-25-21-5-3-2-4-19(20)21/h17-21,25H,2-16H2,1H3. The van der Waals surface area contributed by atoms with E-state index < -0.39 is 0 Å². The van der Waals surface area contributed by atoms with Crippen LogP contribution >= 0.6 is 0 Å². The quantitative estimate of drug-likeness (QED) is 0.791. The molecule has 2 heterocycles. The highest BCUT2D eigenvalue weighted by molar-refractivity contribution is 5.85. The second-order valence-corrected chi connectivity index (χ2v) is 10.9. The van der Waals surface area contributed by atoms with Gasteiger partial charge >= 0.3 is 0 Å². The van der Waals surface area contributed by atoms with E-state index in [2.05, 4.69) is 17.1 Å². The Bertz CT molecular complexity index is 630. The number of nitrogens with zero attached hydrogens (tertiary/aromatic N) is 2. The van der Waals surface area contributed by atoms with Crippen molar-refractivity contribution in [1.82, 2.24) is 15.1 Å². The third-order valence-electron chi connectivity index (χ3n) is 9.11. The molecule has 5 aliphatic rings. The minimum absolute atomic E-state index is 0.0863. The van der Waals surface area contributed by atoms with Crippen molar-refractivity contribution >= 4 is 11.8 Å². The minimum Gasteiger partial charge on any atom is -0.339 e. The molecule has 0 aromatic carbocycles. The molecular weight excluding hydrogens is 362 g/mol. The fourth-order valence-electron chi connectivity index (χ4n) is 6.85. The maximum atomic E-state index is 13.1. The van der Waals surface area contributed by atoms with Gasteiger partial charge in [0.2, 0.25) is 11.8 Å². The molecule has 3 saturated carbocycles. The van der Waals surface area contributed by atoms with Crippen LogP contribution in [0.5, 0.6) is 0 Å². The summed E-state index contributed by atoms with van der Waals surface area (Å²) in [6.07, 6.45) is 12.3. The third kappa shape index (κ3) is 3.84. The number of fused-ring (bicyclic) bond motifs is 1. The van der Waals surface area contributed by atoms with E-state index in [-0.39, 0.29) is 11.3 Å². The van der Waals surface area contributed by atoms with E-state index in [0.29, 0.717) is 11.8 Å². The lowest BCUT2D eigenvalue weighted by Gasteiger charge is -2.40. The molecule has 0 radical (unpaired) electrons. The Hall–Kier alpha value is -1.10. The van der Waals surface area contributed by atoms with Gasteiger partial charge in [0.15, 0.2) is 0 Å². The first-order valence-corrected chi connectivity index (χ1v) is 12.4. The topological polar surface area (TPSA) is 52.7 Å². The highest BCUT2D eigenvalue weighted by atomic mass is 16.2. The fraction of sp³-hybridized carbons (Fsp3) is 0.917. The van der Waals surface area contributed by atoms with Gasteiger partial charge in [-0.25, -0.2) is 0 Å². The van der Waals surface area contributed by atoms with Crippen LogP contribution in [0, 0.1) is 29.1 Å². The summed E-state index contributed by atoms with van der Waals surface area (Å²) in [6, 6.07) is 0.782. The van der Waals surface area contributed by atoms with Crippen LogP contribution < -0.4 is 5.32 Å². The Morgan fingerprint density at radius 2 is 1.48 bits per heavy atom. The van der Waals surface area contributed by atoms with Gasteiger partial charge in [-0.2, -0.15) is 0 Å². The smallest absolute Gasteiger partial charge is 0.228 e. The van der Waals surface area contributed by atoms with Crippen LogP contribution in [0.25, 0.3) is 0 Å². The summed E-state index contributed by atoms with van der Waals surface area (Å²) in [4.78, 5) is 29.7. The number of carbonyl (C=O) groups excluding carboxylic acids is 2. The van der Waals surface area contributed by atoms with Gasteiger partial charge in [-0.3, -0.25) is 9.59 Å². The van der Waals surface area contributed by atoms with Crippen molar-refractivity contribution in [2.45, 2.75) is 77.2 Å². The molecule has 2 aliphatic heterocycles. The predicted molar refractivity (Wildman–Crippen MR) is 113 cm³/mol. The Morgan fingerprint density at radius 3 is 2.17 bits per heavy atom. The zero-order valence-electron chi connectivity index (χ0n) is 18.2. The van der Waals surface area contributed by atoms with Crippen molar-refractivity contribution in [3.05, 3.63) is 0 Å². The number of hydrogen-bond acceptors (Lipinski definition) is 3. The molecule has 1 N–H and O–H groups in total. The lowest BCUT2D eigenvalue weighted by molar-refractivity contribution is -0.145. The molecular formula is C24H39N3O2. The van der Waals surface area contributed by atoms with Gasteiger partial charge in [0, 0.05) is 43.6 Å². The zero-order valence-corrected chi connectivity index (χ0v) is 18.2. The summed E-state index contributed by atoms with van der Waals surface area (Å²) in [5.74, 6) is 3.50. The van der Waals surface area contributed by atoms with Crippen LogP contribution in [-0.2, 0) is 9.59 Å². The Balaban J connectivity index is 1.09. The number of rotatable bonds is 3. The summed E-state index contributed by atoms with van der Waals surface area (Å²) in [5.41, 5.74) is -0.0863. The molecule has 0 aromatic rings. The second kappa shape index (κ2) is 7.86. The van der Waals surface area contributed by atoms with Crippen LogP contribution in [0.3, 0.4) is 0 Å². The van der Waals surface area contributed by atoms with Gasteiger partial charge in [0.05, 0.1) is 0 Å². The van der Waals surface area contributed by atoms with Crippen LogP contribution in [0.4, 0.5) is 0 Å². The zero-order chi connectivity index (χ0) is 20.0. The highest BCUT2D eigenvalue weighted by Crippen LogP contribution is 2.47. The summed E-state index contributed by atoms with van der Waals surface area (Å²) >= 11 is 0. The Kier molecular flexibility index (Phi) is 5.38. The van der Waals surface area contributed by atoms with Crippen molar-refractivity contribution in [3.63, 3.8) is 0 Å². The van der Waals surface area contributed by atoms with Crippen molar-refractivity contribution < 1.29 is 9.59 Å². The molecule has 2 saturated heterocycles. The molecule has 5 heteroatoms. The fourth-order valence-corrected chi connectivity index (χ4v) is 6.85. The van der Waals surface area contributed by atoms with Crippen molar-refractivity contribution in [2.75, 3.05) is 32.7 Å². The average molecular weight is 402 g/mol. The van der Waals surface area contributed by atoms with E-state index in [1.54, 1.807) is 0 Å². The van der Waals surface area contributed by atoms with E-state index >= 15 is 0 Å². The first-order valence-electron chi connectivity index (χ1n) is 12.4. The summed E-state index contributed by atoms with van der Waals surface area (Å²) in [5, 5.41) is 3.81. The normalized spacial score (nSPS) is 39.1. The molecule has 5 rings (SSSR count). The van der Waals surface area contributed by atoms with E-state index in [1.165, 1.54) is 45.1 Å². The molecule has 2 amide bonds. The highest BCUT2D eigenvalue weighted by Gasteiger charge is 2.48. The lowest BCUT2D eigenvalue weighted by atomic mass is 9.68. The monoisotopic (exact) mass is 401 g/mol. The maximum Gasteiger partial charge on any atom is 0.228 e. The van der Waals surface area contributed by atoms with E-state index in [1.807, 2.05) is 4.90 Å². The molecule has 29 heavy (non-hydrogen) atoms. The van der Waals surface area contributed by atoms with Gasteiger partial charge < -0.3 is 15.1 Å². The van der Waals surface area contributed by atoms with Crippen molar-refractivity contribution in [3.8, 4) is 0 Å². The Morgan fingerprint density at radius 1 is 0.828 bits per heavy atom. The number of hydrogen-bond donors (Lipinski definition) is 1. The predicted octanol–water partition coefficient (Wildman–Crippen LogP) is 3.04. The van der Waals surface area contributed by atoms with Gasteiger partial charge in [0.25, 0.3) is 0 Å². The SMILES string of the molecule is CC1(C(=O)N2CCN(C(=O)C3CCC(C4CNC5CCCCC54)CC3)CC2)CC1. The summed E-state index contributed by atoms with van der Waals surface area (Å²) in [7, 11) is 0. The number of amides is 2. The molecule has 5 fully saturated rings. The average Bonchev–Trinajstić information content (AvgIpc) is 3.38. The molecule has 162 valence electrons. The molecule has 3 aliphatic carbocycles. The minimum atomic E-state index is -0.0863. The van der Waals surface area contributed by atoms with E-state index in [9.17, 15) is 9.59 Å². The molecule has 0 spiro atoms. The third-order valence-corrected chi connectivity index (χ3v) is 9.11. The van der Waals surface area contributed by atoms with Gasteiger partial charge in [0.1, 0.15) is 0 Å². The summed E-state index contributed by atoms with van der Waals surface area (Å²) in [6.45, 7) is 6.22. The van der Waals surface area contributed by atoms with Crippen molar-refractivity contribution in [1.29, 1.82) is 0 Å². The van der Waals surface area contributed by atoms with Crippen LogP contribution in [0.15, 0.2) is 0 Å². The molecule has 3 unspecified atom stereocenters. The maximum absolute atomic E-state index is 13.1. The van der Waals surface area contributed by atoms with E-state index in [0.717, 1.165) is 75.7 Å². The van der Waals surface area contributed by atoms with Gasteiger partial charge in [-0.1, -0.05) is 19.8 Å². The summed E-state index contributed by atoms with van der Waals surface area (Å²) < 4.78 is 0. The first kappa shape index (κ1) is 19.8. The largest absolute Gasteiger partial charge is 0.339 e. The van der Waals surface area contributed by atoms with Crippen molar-refractivity contribution in [2.24, 2.45) is 29.1 Å². The second-order valence-electron chi connectivity index (χ2n) is 10.9. The Labute approximate surface area is 175 Å². The molecule has 0 bridgehead atoms. The number of piperazine rings is 1. The van der Waals surface area contributed by atoms with Crippen LogP contribution in [0.2, 0.25) is 0 Å². The van der Waals surface area contributed by atoms with Gasteiger partial charge in [-0.15, -0.1) is 0 Å². The van der Waals surface area contributed by atoms with Crippen LogP contribution in [0.1, 0.15) is 71.1 Å².